The molecule has 2 aromatic carbocycles. The molecule has 0 saturated heterocycles. The lowest BCUT2D eigenvalue weighted by molar-refractivity contribution is 0.0697. The number of hydrogen-bond acceptors (Lipinski definition) is 2. The van der Waals surface area contributed by atoms with Crippen LogP contribution in [0.1, 0.15) is 10.4 Å². The normalized spacial score (nSPS) is 10.2. The molecule has 2 rings (SSSR count). The molecular formula is C13H9FO3. The third-order valence-electron chi connectivity index (χ3n) is 2.40. The van der Waals surface area contributed by atoms with Crippen LogP contribution in [0.5, 0.6) is 5.75 Å². The highest BCUT2D eigenvalue weighted by molar-refractivity contribution is 5.88. The lowest BCUT2D eigenvalue weighted by Gasteiger charge is -2.04. The molecular weight excluding hydrogens is 223 g/mol. The van der Waals surface area contributed by atoms with Gasteiger partial charge in [0.15, 0.2) is 0 Å². The molecule has 0 bridgehead atoms. The van der Waals surface area contributed by atoms with Crippen LogP contribution in [0.2, 0.25) is 0 Å². The van der Waals surface area contributed by atoms with Gasteiger partial charge in [0.25, 0.3) is 0 Å². The number of hydrogen-bond donors (Lipinski definition) is 2. The van der Waals surface area contributed by atoms with Gasteiger partial charge in [0, 0.05) is 11.6 Å². The lowest BCUT2D eigenvalue weighted by Crippen LogP contribution is -1.95. The first-order chi connectivity index (χ1) is 8.08. The average Bonchev–Trinajstić information content (AvgIpc) is 2.29. The van der Waals surface area contributed by atoms with E-state index in [1.54, 1.807) is 0 Å². The number of phenolic OH excluding ortho intramolecular Hbond substituents is 1. The Bertz CT molecular complexity index is 561. The van der Waals surface area contributed by atoms with E-state index in [9.17, 15) is 9.18 Å². The Morgan fingerprint density at radius 1 is 1.06 bits per heavy atom. The van der Waals surface area contributed by atoms with Crippen molar-refractivity contribution in [2.45, 2.75) is 0 Å². The topological polar surface area (TPSA) is 57.5 Å². The molecule has 0 spiro atoms. The zero-order valence-electron chi connectivity index (χ0n) is 8.72. The van der Waals surface area contributed by atoms with Crippen molar-refractivity contribution >= 4 is 5.97 Å². The highest BCUT2D eigenvalue weighted by atomic mass is 19.1. The maximum absolute atomic E-state index is 13.5. The van der Waals surface area contributed by atoms with Crippen molar-refractivity contribution in [3.8, 4) is 16.9 Å². The largest absolute Gasteiger partial charge is 0.508 e. The zero-order valence-corrected chi connectivity index (χ0v) is 8.72. The highest BCUT2D eigenvalue weighted by Gasteiger charge is 2.07. The first-order valence-electron chi connectivity index (χ1n) is 4.90. The summed E-state index contributed by atoms with van der Waals surface area (Å²) in [7, 11) is 0. The molecule has 0 aliphatic rings. The van der Waals surface area contributed by atoms with Crippen molar-refractivity contribution in [2.24, 2.45) is 0 Å². The molecule has 3 nitrogen and oxygen atoms in total. The first-order valence-corrected chi connectivity index (χ1v) is 4.90. The van der Waals surface area contributed by atoms with E-state index in [0.29, 0.717) is 11.1 Å². The summed E-state index contributed by atoms with van der Waals surface area (Å²) in [6, 6.07) is 9.70. The van der Waals surface area contributed by atoms with E-state index in [-0.39, 0.29) is 11.3 Å². The minimum Gasteiger partial charge on any atom is -0.508 e. The third-order valence-corrected chi connectivity index (χ3v) is 2.40. The summed E-state index contributed by atoms with van der Waals surface area (Å²) < 4.78 is 13.5. The van der Waals surface area contributed by atoms with E-state index in [4.69, 9.17) is 10.2 Å². The molecule has 0 aliphatic heterocycles. The number of carboxylic acids is 1. The second-order valence-corrected chi connectivity index (χ2v) is 3.55. The Morgan fingerprint density at radius 3 is 2.24 bits per heavy atom. The summed E-state index contributed by atoms with van der Waals surface area (Å²) in [5.74, 6) is -1.72. The Balaban J connectivity index is 2.43. The summed E-state index contributed by atoms with van der Waals surface area (Å²) in [5, 5.41) is 17.8. The van der Waals surface area contributed by atoms with Crippen LogP contribution in [0.15, 0.2) is 42.5 Å². The van der Waals surface area contributed by atoms with Crippen molar-refractivity contribution in [2.75, 3.05) is 0 Å². The maximum Gasteiger partial charge on any atom is 0.335 e. The fourth-order valence-electron chi connectivity index (χ4n) is 1.53. The van der Waals surface area contributed by atoms with Gasteiger partial charge in [-0.05, 0) is 29.8 Å². The Kier molecular flexibility index (Phi) is 2.78. The van der Waals surface area contributed by atoms with Gasteiger partial charge in [-0.3, -0.25) is 0 Å². The van der Waals surface area contributed by atoms with Gasteiger partial charge in [-0.15, -0.1) is 0 Å². The van der Waals surface area contributed by atoms with Gasteiger partial charge in [-0.1, -0.05) is 12.1 Å². The summed E-state index contributed by atoms with van der Waals surface area (Å²) in [4.78, 5) is 10.7. The molecule has 17 heavy (non-hydrogen) atoms. The van der Waals surface area contributed by atoms with E-state index in [0.717, 1.165) is 6.07 Å². The van der Waals surface area contributed by atoms with Crippen LogP contribution in [0.25, 0.3) is 11.1 Å². The number of phenols is 1. The standard InChI is InChI=1S/C13H9FO3/c14-12-7-10(15)5-6-11(12)8-1-3-9(4-2-8)13(16)17/h1-7,15H,(H,16,17). The molecule has 2 aromatic rings. The molecule has 0 fully saturated rings. The van der Waals surface area contributed by atoms with Crippen molar-refractivity contribution in [3.05, 3.63) is 53.8 Å². The Labute approximate surface area is 96.8 Å². The monoisotopic (exact) mass is 232 g/mol. The number of halogens is 1. The van der Waals surface area contributed by atoms with Crippen LogP contribution in [0.4, 0.5) is 4.39 Å². The molecule has 0 heterocycles. The van der Waals surface area contributed by atoms with Gasteiger partial charge in [0.05, 0.1) is 5.56 Å². The average molecular weight is 232 g/mol. The minimum absolute atomic E-state index is 0.145. The Morgan fingerprint density at radius 2 is 1.71 bits per heavy atom. The lowest BCUT2D eigenvalue weighted by atomic mass is 10.0. The molecule has 0 radical (unpaired) electrons. The van der Waals surface area contributed by atoms with Crippen LogP contribution in [0, 0.1) is 5.82 Å². The van der Waals surface area contributed by atoms with Crippen molar-refractivity contribution in [1.29, 1.82) is 0 Å². The van der Waals surface area contributed by atoms with E-state index in [1.165, 1.54) is 36.4 Å². The number of rotatable bonds is 2. The second kappa shape index (κ2) is 4.25. The Hall–Kier alpha value is -2.36. The van der Waals surface area contributed by atoms with E-state index in [2.05, 4.69) is 0 Å². The van der Waals surface area contributed by atoms with Crippen molar-refractivity contribution in [3.63, 3.8) is 0 Å². The van der Waals surface area contributed by atoms with Crippen LogP contribution in [0.3, 0.4) is 0 Å². The highest BCUT2D eigenvalue weighted by Crippen LogP contribution is 2.25. The number of aromatic hydroxyl groups is 1. The molecule has 0 aromatic heterocycles. The predicted octanol–water partition coefficient (Wildman–Crippen LogP) is 2.90. The summed E-state index contributed by atoms with van der Waals surface area (Å²) in [5.41, 5.74) is 1.03. The SMILES string of the molecule is O=C(O)c1ccc(-c2ccc(O)cc2F)cc1. The van der Waals surface area contributed by atoms with Gasteiger partial charge >= 0.3 is 5.97 Å². The quantitative estimate of drug-likeness (QED) is 0.836. The van der Waals surface area contributed by atoms with Crippen molar-refractivity contribution in [1.82, 2.24) is 0 Å². The smallest absolute Gasteiger partial charge is 0.335 e. The van der Waals surface area contributed by atoms with Crippen LogP contribution in [-0.2, 0) is 0 Å². The van der Waals surface area contributed by atoms with E-state index < -0.39 is 11.8 Å². The minimum atomic E-state index is -1.03. The van der Waals surface area contributed by atoms with Crippen LogP contribution in [-0.4, -0.2) is 16.2 Å². The van der Waals surface area contributed by atoms with Crippen molar-refractivity contribution < 1.29 is 19.4 Å². The first kappa shape index (κ1) is 11.1. The van der Waals surface area contributed by atoms with Gasteiger partial charge in [0.2, 0.25) is 0 Å². The maximum atomic E-state index is 13.5. The van der Waals surface area contributed by atoms with Gasteiger partial charge < -0.3 is 10.2 Å². The number of aromatic carboxylic acids is 1. The van der Waals surface area contributed by atoms with Crippen LogP contribution >= 0.6 is 0 Å². The van der Waals surface area contributed by atoms with Gasteiger partial charge in [-0.2, -0.15) is 0 Å². The number of carboxylic acid groups (broad SMARTS) is 1. The predicted molar refractivity (Wildman–Crippen MR) is 60.5 cm³/mol. The third kappa shape index (κ3) is 2.25. The summed E-state index contributed by atoms with van der Waals surface area (Å²) in [6.45, 7) is 0. The van der Waals surface area contributed by atoms with Crippen LogP contribution < -0.4 is 0 Å². The summed E-state index contributed by atoms with van der Waals surface area (Å²) >= 11 is 0. The molecule has 0 saturated carbocycles. The second-order valence-electron chi connectivity index (χ2n) is 3.55. The fraction of sp³-hybridized carbons (Fsp3) is 0. The molecule has 0 atom stereocenters. The molecule has 0 amide bonds. The molecule has 86 valence electrons. The number of benzene rings is 2. The van der Waals surface area contributed by atoms with Gasteiger partial charge in [0.1, 0.15) is 11.6 Å². The summed E-state index contributed by atoms with van der Waals surface area (Å²) in [6.07, 6.45) is 0. The molecule has 0 unspecified atom stereocenters. The van der Waals surface area contributed by atoms with Gasteiger partial charge in [-0.25, -0.2) is 9.18 Å². The molecule has 2 N–H and O–H groups in total. The number of carbonyl (C=O) groups is 1. The van der Waals surface area contributed by atoms with E-state index >= 15 is 0 Å². The van der Waals surface area contributed by atoms with E-state index in [1.807, 2.05) is 0 Å². The zero-order chi connectivity index (χ0) is 12.4. The fourth-order valence-corrected chi connectivity index (χ4v) is 1.53. The molecule has 4 heteroatoms. The molecule has 0 aliphatic carbocycles.